The normalized spacial score (nSPS) is 23.7. The highest BCUT2D eigenvalue weighted by Gasteiger charge is 2.28. The van der Waals surface area contributed by atoms with Crippen LogP contribution in [0.15, 0.2) is 10.7 Å². The number of hydrogen-bond donors (Lipinski definition) is 1. The van der Waals surface area contributed by atoms with Crippen molar-refractivity contribution in [1.29, 1.82) is 0 Å². The molecule has 1 atom stereocenters. The van der Waals surface area contributed by atoms with E-state index in [0.717, 1.165) is 12.1 Å². The van der Waals surface area contributed by atoms with Crippen molar-refractivity contribution in [1.82, 2.24) is 10.3 Å². The number of nitrogens with zero attached hydrogens (tertiary/aromatic N) is 1. The Morgan fingerprint density at radius 2 is 2.44 bits per heavy atom. The Morgan fingerprint density at radius 3 is 3.06 bits per heavy atom. The van der Waals surface area contributed by atoms with E-state index < -0.39 is 9.84 Å². The van der Waals surface area contributed by atoms with E-state index in [0.29, 0.717) is 24.6 Å². The summed E-state index contributed by atoms with van der Waals surface area (Å²) in [6.07, 6.45) is 2.98. The summed E-state index contributed by atoms with van der Waals surface area (Å²) >= 11 is 0. The quantitative estimate of drug-likeness (QED) is 0.828. The van der Waals surface area contributed by atoms with E-state index in [1.54, 1.807) is 6.26 Å². The molecular formula is C10H16N2O3S. The molecule has 6 heteroatoms. The second kappa shape index (κ2) is 4.55. The zero-order valence-electron chi connectivity index (χ0n) is 9.27. The van der Waals surface area contributed by atoms with E-state index in [1.165, 1.54) is 0 Å². The SMILES string of the molecule is CNCc1coc(CC2CCS(=O)(=O)C2)n1. The van der Waals surface area contributed by atoms with Gasteiger partial charge in [-0.3, -0.25) is 0 Å². The second-order valence-corrected chi connectivity index (χ2v) is 6.46. The monoisotopic (exact) mass is 244 g/mol. The molecule has 90 valence electrons. The molecule has 0 radical (unpaired) electrons. The Bertz CT molecular complexity index is 452. The van der Waals surface area contributed by atoms with E-state index in [4.69, 9.17) is 4.42 Å². The van der Waals surface area contributed by atoms with Gasteiger partial charge in [0.2, 0.25) is 0 Å². The molecule has 0 aromatic carbocycles. The molecule has 0 saturated carbocycles. The molecule has 0 bridgehead atoms. The van der Waals surface area contributed by atoms with Gasteiger partial charge in [0.25, 0.3) is 0 Å². The zero-order chi connectivity index (χ0) is 11.6. The van der Waals surface area contributed by atoms with Gasteiger partial charge in [0.1, 0.15) is 6.26 Å². The summed E-state index contributed by atoms with van der Waals surface area (Å²) in [6.45, 7) is 0.673. The molecule has 1 aliphatic heterocycles. The molecule has 2 heterocycles. The van der Waals surface area contributed by atoms with Gasteiger partial charge < -0.3 is 9.73 Å². The van der Waals surface area contributed by atoms with Crippen molar-refractivity contribution in [2.75, 3.05) is 18.6 Å². The molecule has 1 aliphatic rings. The van der Waals surface area contributed by atoms with Crippen LogP contribution in [0.25, 0.3) is 0 Å². The summed E-state index contributed by atoms with van der Waals surface area (Å²) < 4.78 is 27.9. The van der Waals surface area contributed by atoms with Crippen molar-refractivity contribution in [3.8, 4) is 0 Å². The van der Waals surface area contributed by atoms with Gasteiger partial charge in [0.15, 0.2) is 15.7 Å². The third-order valence-corrected chi connectivity index (χ3v) is 4.58. The van der Waals surface area contributed by atoms with Gasteiger partial charge in [-0.25, -0.2) is 13.4 Å². The van der Waals surface area contributed by atoms with E-state index >= 15 is 0 Å². The molecule has 1 aromatic rings. The third-order valence-electron chi connectivity index (χ3n) is 2.75. The molecule has 1 fully saturated rings. The fourth-order valence-corrected chi connectivity index (χ4v) is 3.85. The Labute approximate surface area is 95.2 Å². The first kappa shape index (κ1) is 11.6. The van der Waals surface area contributed by atoms with Crippen LogP contribution in [0.5, 0.6) is 0 Å². The average Bonchev–Trinajstić information content (AvgIpc) is 2.75. The van der Waals surface area contributed by atoms with Crippen molar-refractivity contribution >= 4 is 9.84 Å². The van der Waals surface area contributed by atoms with Crippen LogP contribution in [0.2, 0.25) is 0 Å². The predicted octanol–water partition coefficient (Wildman–Crippen LogP) is 0.371. The molecule has 2 rings (SSSR count). The minimum absolute atomic E-state index is 0.172. The average molecular weight is 244 g/mol. The van der Waals surface area contributed by atoms with Gasteiger partial charge in [0, 0.05) is 13.0 Å². The lowest BCUT2D eigenvalue weighted by atomic mass is 10.1. The molecule has 0 amide bonds. The van der Waals surface area contributed by atoms with Gasteiger partial charge in [-0.1, -0.05) is 0 Å². The Kier molecular flexibility index (Phi) is 3.30. The lowest BCUT2D eigenvalue weighted by Crippen LogP contribution is -2.08. The number of rotatable bonds is 4. The molecule has 1 saturated heterocycles. The van der Waals surface area contributed by atoms with Crippen molar-refractivity contribution in [2.45, 2.75) is 19.4 Å². The van der Waals surface area contributed by atoms with Gasteiger partial charge in [-0.2, -0.15) is 0 Å². The maximum atomic E-state index is 11.3. The summed E-state index contributed by atoms with van der Waals surface area (Å²) in [4.78, 5) is 4.29. The van der Waals surface area contributed by atoms with Crippen LogP contribution in [0, 0.1) is 5.92 Å². The Hall–Kier alpha value is -0.880. The van der Waals surface area contributed by atoms with Crippen LogP contribution in [0.4, 0.5) is 0 Å². The van der Waals surface area contributed by atoms with Crippen molar-refractivity contribution in [2.24, 2.45) is 5.92 Å². The first-order valence-corrected chi connectivity index (χ1v) is 7.19. The summed E-state index contributed by atoms with van der Waals surface area (Å²) in [5.74, 6) is 1.40. The minimum atomic E-state index is -2.80. The first-order valence-electron chi connectivity index (χ1n) is 5.37. The lowest BCUT2D eigenvalue weighted by Gasteiger charge is -2.02. The molecule has 0 spiro atoms. The van der Waals surface area contributed by atoms with Crippen LogP contribution in [0.3, 0.4) is 0 Å². The number of aromatic nitrogens is 1. The number of sulfone groups is 1. The molecule has 16 heavy (non-hydrogen) atoms. The lowest BCUT2D eigenvalue weighted by molar-refractivity contribution is 0.446. The van der Waals surface area contributed by atoms with Crippen LogP contribution >= 0.6 is 0 Å². The van der Waals surface area contributed by atoms with Crippen molar-refractivity contribution in [3.63, 3.8) is 0 Å². The van der Waals surface area contributed by atoms with Gasteiger partial charge >= 0.3 is 0 Å². The van der Waals surface area contributed by atoms with E-state index in [-0.39, 0.29) is 11.7 Å². The fraction of sp³-hybridized carbons (Fsp3) is 0.700. The molecular weight excluding hydrogens is 228 g/mol. The minimum Gasteiger partial charge on any atom is -0.449 e. The second-order valence-electron chi connectivity index (χ2n) is 4.24. The smallest absolute Gasteiger partial charge is 0.194 e. The topological polar surface area (TPSA) is 72.2 Å². The highest BCUT2D eigenvalue weighted by Crippen LogP contribution is 2.22. The Balaban J connectivity index is 1.94. The summed E-state index contributed by atoms with van der Waals surface area (Å²) in [6, 6.07) is 0. The predicted molar refractivity (Wildman–Crippen MR) is 59.7 cm³/mol. The number of oxazole rings is 1. The van der Waals surface area contributed by atoms with Gasteiger partial charge in [0.05, 0.1) is 17.2 Å². The van der Waals surface area contributed by atoms with Crippen LogP contribution in [0.1, 0.15) is 18.0 Å². The molecule has 1 aromatic heterocycles. The number of nitrogens with one attached hydrogen (secondary N) is 1. The summed E-state index contributed by atoms with van der Waals surface area (Å²) in [7, 11) is -0.956. The Morgan fingerprint density at radius 1 is 1.62 bits per heavy atom. The standard InChI is InChI=1S/C10H16N2O3S/c1-11-5-9-6-15-10(12-9)4-8-2-3-16(13,14)7-8/h6,8,11H,2-5,7H2,1H3. The molecule has 0 aliphatic carbocycles. The molecule has 1 N–H and O–H groups in total. The van der Waals surface area contributed by atoms with E-state index in [1.807, 2.05) is 7.05 Å². The highest BCUT2D eigenvalue weighted by atomic mass is 32.2. The largest absolute Gasteiger partial charge is 0.449 e. The third kappa shape index (κ3) is 2.82. The first-order chi connectivity index (χ1) is 7.59. The van der Waals surface area contributed by atoms with Gasteiger partial charge in [-0.05, 0) is 19.4 Å². The van der Waals surface area contributed by atoms with Crippen molar-refractivity contribution in [3.05, 3.63) is 17.8 Å². The van der Waals surface area contributed by atoms with E-state index in [2.05, 4.69) is 10.3 Å². The molecule has 1 unspecified atom stereocenters. The highest BCUT2D eigenvalue weighted by molar-refractivity contribution is 7.91. The van der Waals surface area contributed by atoms with Crippen LogP contribution in [-0.2, 0) is 22.8 Å². The molecule has 5 nitrogen and oxygen atoms in total. The van der Waals surface area contributed by atoms with Crippen LogP contribution < -0.4 is 5.32 Å². The number of hydrogen-bond acceptors (Lipinski definition) is 5. The fourth-order valence-electron chi connectivity index (χ4n) is 1.98. The van der Waals surface area contributed by atoms with Crippen molar-refractivity contribution < 1.29 is 12.8 Å². The summed E-state index contributed by atoms with van der Waals surface area (Å²) in [5.41, 5.74) is 0.860. The maximum Gasteiger partial charge on any atom is 0.194 e. The maximum absolute atomic E-state index is 11.3. The van der Waals surface area contributed by atoms with E-state index in [9.17, 15) is 8.42 Å². The zero-order valence-corrected chi connectivity index (χ0v) is 10.1. The van der Waals surface area contributed by atoms with Gasteiger partial charge in [-0.15, -0.1) is 0 Å². The summed E-state index contributed by atoms with van der Waals surface area (Å²) in [5, 5.41) is 2.99. The van der Waals surface area contributed by atoms with Crippen LogP contribution in [-0.4, -0.2) is 32.0 Å².